The number of carbonyl (C=O) groups excluding carboxylic acids is 1. The maximum atomic E-state index is 13.5. The molecule has 1 amide bonds. The van der Waals surface area contributed by atoms with Crippen molar-refractivity contribution in [1.82, 2.24) is 5.32 Å². The molecule has 20 heavy (non-hydrogen) atoms. The summed E-state index contributed by atoms with van der Waals surface area (Å²) in [7, 11) is 0. The summed E-state index contributed by atoms with van der Waals surface area (Å²) in [6, 6.07) is 2.15. The molecule has 6 heteroatoms. The molecule has 0 spiro atoms. The van der Waals surface area contributed by atoms with Gasteiger partial charge in [-0.2, -0.15) is 0 Å². The first-order valence-electron chi connectivity index (χ1n) is 5.90. The van der Waals surface area contributed by atoms with E-state index in [2.05, 4.69) is 17.2 Å². The first-order chi connectivity index (χ1) is 9.20. The molecule has 0 aliphatic rings. The van der Waals surface area contributed by atoms with Crippen LogP contribution in [0, 0.1) is 23.5 Å². The van der Waals surface area contributed by atoms with Crippen LogP contribution in [-0.4, -0.2) is 18.2 Å². The fourth-order valence-electron chi connectivity index (χ4n) is 1.25. The van der Waals surface area contributed by atoms with E-state index in [1.165, 1.54) is 0 Å². The minimum Gasteiger partial charge on any atom is -0.444 e. The summed E-state index contributed by atoms with van der Waals surface area (Å²) < 4.78 is 31.8. The molecule has 3 N–H and O–H groups in total. The summed E-state index contributed by atoms with van der Waals surface area (Å²) >= 11 is 0. The van der Waals surface area contributed by atoms with Crippen LogP contribution in [0.25, 0.3) is 0 Å². The van der Waals surface area contributed by atoms with E-state index in [-0.39, 0.29) is 12.2 Å². The monoisotopic (exact) mass is 282 g/mol. The van der Waals surface area contributed by atoms with Gasteiger partial charge in [0, 0.05) is 0 Å². The number of nitrogen functional groups attached to an aromatic ring is 1. The van der Waals surface area contributed by atoms with Gasteiger partial charge in [-0.05, 0) is 32.9 Å². The van der Waals surface area contributed by atoms with Gasteiger partial charge in [0.1, 0.15) is 11.4 Å². The number of carbonyl (C=O) groups is 1. The molecule has 1 aromatic rings. The van der Waals surface area contributed by atoms with Crippen molar-refractivity contribution >= 4 is 11.8 Å². The summed E-state index contributed by atoms with van der Waals surface area (Å²) in [5, 5.41) is 2.35. The van der Waals surface area contributed by atoms with Gasteiger partial charge in [0.15, 0.2) is 5.82 Å². The van der Waals surface area contributed by atoms with Gasteiger partial charge >= 0.3 is 6.09 Å². The van der Waals surface area contributed by atoms with Crippen LogP contribution in [0.5, 0.6) is 0 Å². The van der Waals surface area contributed by atoms with Crippen molar-refractivity contribution in [2.75, 3.05) is 12.3 Å². The molecule has 0 saturated heterocycles. The maximum absolute atomic E-state index is 13.5. The molecule has 1 rings (SSSR count). The highest BCUT2D eigenvalue weighted by atomic mass is 19.1. The van der Waals surface area contributed by atoms with E-state index >= 15 is 0 Å². The van der Waals surface area contributed by atoms with Crippen molar-refractivity contribution in [2.24, 2.45) is 0 Å². The van der Waals surface area contributed by atoms with Crippen LogP contribution >= 0.6 is 0 Å². The average Bonchev–Trinajstić information content (AvgIpc) is 2.31. The molecule has 0 aromatic heterocycles. The van der Waals surface area contributed by atoms with Gasteiger partial charge in [0.25, 0.3) is 0 Å². The second-order valence-electron chi connectivity index (χ2n) is 4.98. The Morgan fingerprint density at radius 2 is 2.05 bits per heavy atom. The summed E-state index contributed by atoms with van der Waals surface area (Å²) in [5.41, 5.74) is 4.09. The normalized spacial score (nSPS) is 10.4. The SMILES string of the molecule is CC(C)(C)OC(=O)NCC#Cc1c(F)ccc(N)c1F. The van der Waals surface area contributed by atoms with Crippen molar-refractivity contribution < 1.29 is 18.3 Å². The minimum absolute atomic E-state index is 0.0947. The molecule has 0 radical (unpaired) electrons. The highest BCUT2D eigenvalue weighted by Crippen LogP contribution is 2.17. The topological polar surface area (TPSA) is 64.3 Å². The summed E-state index contributed by atoms with van der Waals surface area (Å²) in [6.07, 6.45) is -0.652. The molecular weight excluding hydrogens is 266 g/mol. The van der Waals surface area contributed by atoms with Crippen LogP contribution in [0.4, 0.5) is 19.3 Å². The average molecular weight is 282 g/mol. The predicted octanol–water partition coefficient (Wildman–Crippen LogP) is 2.42. The second-order valence-corrected chi connectivity index (χ2v) is 4.98. The maximum Gasteiger partial charge on any atom is 0.408 e. The highest BCUT2D eigenvalue weighted by Gasteiger charge is 2.15. The number of halogens is 2. The van der Waals surface area contributed by atoms with Gasteiger partial charge in [0.05, 0.1) is 17.8 Å². The highest BCUT2D eigenvalue weighted by molar-refractivity contribution is 5.68. The quantitative estimate of drug-likeness (QED) is 0.614. The Labute approximate surface area is 116 Å². The van der Waals surface area contributed by atoms with Crippen LogP contribution in [0.15, 0.2) is 12.1 Å². The van der Waals surface area contributed by atoms with Crippen molar-refractivity contribution in [3.05, 3.63) is 29.3 Å². The Morgan fingerprint density at radius 3 is 2.65 bits per heavy atom. The van der Waals surface area contributed by atoms with E-state index in [9.17, 15) is 13.6 Å². The van der Waals surface area contributed by atoms with Crippen molar-refractivity contribution in [1.29, 1.82) is 0 Å². The largest absolute Gasteiger partial charge is 0.444 e. The minimum atomic E-state index is -0.908. The number of anilines is 1. The van der Waals surface area contributed by atoms with Gasteiger partial charge in [-0.15, -0.1) is 0 Å². The predicted molar refractivity (Wildman–Crippen MR) is 71.9 cm³/mol. The third-order valence-corrected chi connectivity index (χ3v) is 2.05. The lowest BCUT2D eigenvalue weighted by molar-refractivity contribution is 0.0535. The zero-order valence-corrected chi connectivity index (χ0v) is 11.5. The molecule has 0 unspecified atom stereocenters. The molecule has 1 aromatic carbocycles. The van der Waals surface area contributed by atoms with Crippen LogP contribution in [0.1, 0.15) is 26.3 Å². The number of rotatable bonds is 1. The van der Waals surface area contributed by atoms with Crippen LogP contribution < -0.4 is 11.1 Å². The van der Waals surface area contributed by atoms with Gasteiger partial charge in [-0.1, -0.05) is 11.8 Å². The number of nitrogens with two attached hydrogens (primary N) is 1. The van der Waals surface area contributed by atoms with E-state index in [0.717, 1.165) is 12.1 Å². The number of alkyl carbamates (subject to hydrolysis) is 1. The van der Waals surface area contributed by atoms with Crippen LogP contribution in [-0.2, 0) is 4.74 Å². The standard InChI is InChI=1S/C14H16F2N2O2/c1-14(2,3)20-13(19)18-8-4-5-9-10(15)6-7-11(17)12(9)16/h6-7H,8,17H2,1-3H3,(H,18,19). The molecule has 0 saturated carbocycles. The molecular formula is C14H16F2N2O2. The number of benzene rings is 1. The fourth-order valence-corrected chi connectivity index (χ4v) is 1.25. The fraction of sp³-hybridized carbons (Fsp3) is 0.357. The lowest BCUT2D eigenvalue weighted by atomic mass is 10.2. The van der Waals surface area contributed by atoms with Crippen molar-refractivity contribution in [2.45, 2.75) is 26.4 Å². The molecule has 0 atom stereocenters. The number of hydrogen-bond donors (Lipinski definition) is 2. The second kappa shape index (κ2) is 6.24. The number of ether oxygens (including phenoxy) is 1. The first kappa shape index (κ1) is 15.8. The molecule has 0 aliphatic carbocycles. The van der Waals surface area contributed by atoms with E-state index in [0.29, 0.717) is 0 Å². The third kappa shape index (κ3) is 4.76. The lowest BCUT2D eigenvalue weighted by Crippen LogP contribution is -2.32. The Hall–Kier alpha value is -2.29. The van der Waals surface area contributed by atoms with Crippen molar-refractivity contribution in [3.63, 3.8) is 0 Å². The zero-order valence-electron chi connectivity index (χ0n) is 11.5. The smallest absolute Gasteiger partial charge is 0.408 e. The van der Waals surface area contributed by atoms with E-state index in [4.69, 9.17) is 10.5 Å². The zero-order chi connectivity index (χ0) is 15.3. The summed E-state index contributed by atoms with van der Waals surface area (Å²) in [5.74, 6) is 3.01. The Morgan fingerprint density at radius 1 is 1.40 bits per heavy atom. The van der Waals surface area contributed by atoms with Crippen LogP contribution in [0.2, 0.25) is 0 Å². The Balaban J connectivity index is 2.65. The van der Waals surface area contributed by atoms with Crippen molar-refractivity contribution in [3.8, 4) is 11.8 Å². The van der Waals surface area contributed by atoms with Crippen LogP contribution in [0.3, 0.4) is 0 Å². The number of amides is 1. The lowest BCUT2D eigenvalue weighted by Gasteiger charge is -2.19. The Kier molecular flexibility index (Phi) is 4.92. The van der Waals surface area contributed by atoms with Gasteiger partial charge in [-0.3, -0.25) is 0 Å². The van der Waals surface area contributed by atoms with Gasteiger partial charge in [-0.25, -0.2) is 13.6 Å². The molecule has 0 fully saturated rings. The van der Waals surface area contributed by atoms with E-state index in [1.807, 2.05) is 0 Å². The molecule has 108 valence electrons. The molecule has 0 bridgehead atoms. The molecule has 4 nitrogen and oxygen atoms in total. The third-order valence-electron chi connectivity index (χ3n) is 2.05. The van der Waals surface area contributed by atoms with E-state index in [1.54, 1.807) is 20.8 Å². The summed E-state index contributed by atoms with van der Waals surface area (Å²) in [4.78, 5) is 11.3. The van der Waals surface area contributed by atoms with Gasteiger partial charge < -0.3 is 15.8 Å². The Bertz CT molecular complexity index is 569. The molecule has 0 aliphatic heterocycles. The summed E-state index contributed by atoms with van der Waals surface area (Å²) in [6.45, 7) is 5.06. The molecule has 0 heterocycles. The number of nitrogens with one attached hydrogen (secondary N) is 1. The first-order valence-corrected chi connectivity index (χ1v) is 5.90. The van der Waals surface area contributed by atoms with E-state index < -0.39 is 28.9 Å². The van der Waals surface area contributed by atoms with Gasteiger partial charge in [0.2, 0.25) is 0 Å². The number of hydrogen-bond acceptors (Lipinski definition) is 3.